The van der Waals surface area contributed by atoms with Gasteiger partial charge >= 0.3 is 0 Å². The van der Waals surface area contributed by atoms with Crippen molar-refractivity contribution in [1.29, 1.82) is 0 Å². The summed E-state index contributed by atoms with van der Waals surface area (Å²) >= 11 is 2.70. The molecule has 1 aromatic carbocycles. The molecule has 4 rings (SSSR count). The van der Waals surface area contributed by atoms with Crippen molar-refractivity contribution in [3.05, 3.63) is 81.7 Å². The summed E-state index contributed by atoms with van der Waals surface area (Å²) in [5.41, 5.74) is 3.23. The summed E-state index contributed by atoms with van der Waals surface area (Å²) < 4.78 is 2.24. The second kappa shape index (κ2) is 10.1. The number of nitrogens with one attached hydrogen (secondary N) is 1. The maximum Gasteiger partial charge on any atom is 0.272 e. The van der Waals surface area contributed by atoms with Crippen LogP contribution in [0.3, 0.4) is 0 Å². The van der Waals surface area contributed by atoms with Crippen LogP contribution < -0.4 is 10.9 Å². The number of hydrogen-bond donors (Lipinski definition) is 1. The van der Waals surface area contributed by atoms with E-state index < -0.39 is 5.25 Å². The van der Waals surface area contributed by atoms with E-state index in [2.05, 4.69) is 17.2 Å². The topological polar surface area (TPSA) is 76.9 Å². The summed E-state index contributed by atoms with van der Waals surface area (Å²) in [6.07, 6.45) is 3.14. The molecule has 8 heteroatoms. The first-order valence-electron chi connectivity index (χ1n) is 10.5. The van der Waals surface area contributed by atoms with Crippen molar-refractivity contribution in [3.8, 4) is 0 Å². The smallest absolute Gasteiger partial charge is 0.272 e. The number of para-hydroxylation sites is 1. The Morgan fingerprint density at radius 3 is 2.72 bits per heavy atom. The predicted molar refractivity (Wildman–Crippen MR) is 132 cm³/mol. The standard InChI is InChI=1S/C24H24N4O2S2/c1-3-16-9-5-6-11-18(16)26-22(29)20(4-2)32-24-27-19-12-14-31-21(19)23(30)28(24)15-17-10-7-8-13-25-17/h5-14,20H,3-4,15H2,1-2H3,(H,26,29)/t20-/m1/s1. The quantitative estimate of drug-likeness (QED) is 0.294. The van der Waals surface area contributed by atoms with Gasteiger partial charge in [0.25, 0.3) is 5.56 Å². The Balaban J connectivity index is 1.66. The number of carbonyl (C=O) groups is 1. The highest BCUT2D eigenvalue weighted by atomic mass is 32.2. The van der Waals surface area contributed by atoms with Gasteiger partial charge < -0.3 is 5.32 Å². The van der Waals surface area contributed by atoms with E-state index in [4.69, 9.17) is 4.98 Å². The zero-order chi connectivity index (χ0) is 22.5. The number of aromatic nitrogens is 3. The van der Waals surface area contributed by atoms with Crippen LogP contribution in [0.2, 0.25) is 0 Å². The molecule has 0 aliphatic carbocycles. The van der Waals surface area contributed by atoms with Crippen molar-refractivity contribution in [3.63, 3.8) is 0 Å². The molecule has 0 saturated carbocycles. The summed E-state index contributed by atoms with van der Waals surface area (Å²) in [5.74, 6) is -0.0950. The van der Waals surface area contributed by atoms with Gasteiger partial charge in [-0.1, -0.05) is 49.9 Å². The summed E-state index contributed by atoms with van der Waals surface area (Å²) in [5, 5.41) is 5.06. The van der Waals surface area contributed by atoms with Crippen LogP contribution in [0.4, 0.5) is 5.69 Å². The van der Waals surface area contributed by atoms with Gasteiger partial charge in [0.2, 0.25) is 5.91 Å². The van der Waals surface area contributed by atoms with Crippen molar-refractivity contribution in [2.24, 2.45) is 0 Å². The molecule has 4 aromatic rings. The third-order valence-corrected chi connectivity index (χ3v) is 7.39. The van der Waals surface area contributed by atoms with Gasteiger partial charge in [-0.2, -0.15) is 0 Å². The zero-order valence-electron chi connectivity index (χ0n) is 17.9. The van der Waals surface area contributed by atoms with Crippen molar-refractivity contribution in [2.45, 2.75) is 43.6 Å². The van der Waals surface area contributed by atoms with E-state index in [1.165, 1.54) is 23.1 Å². The molecule has 0 bridgehead atoms. The van der Waals surface area contributed by atoms with Gasteiger partial charge in [0.15, 0.2) is 5.16 Å². The van der Waals surface area contributed by atoms with E-state index in [9.17, 15) is 9.59 Å². The number of rotatable bonds is 8. The van der Waals surface area contributed by atoms with Gasteiger partial charge in [-0.25, -0.2) is 4.98 Å². The molecular formula is C24H24N4O2S2. The average molecular weight is 465 g/mol. The molecule has 0 aliphatic heterocycles. The minimum Gasteiger partial charge on any atom is -0.325 e. The number of amides is 1. The van der Waals surface area contributed by atoms with Crippen LogP contribution in [0.15, 0.2) is 70.1 Å². The largest absolute Gasteiger partial charge is 0.325 e. The molecule has 1 atom stereocenters. The number of hydrogen-bond acceptors (Lipinski definition) is 6. The normalized spacial score (nSPS) is 12.1. The summed E-state index contributed by atoms with van der Waals surface area (Å²) in [4.78, 5) is 35.4. The van der Waals surface area contributed by atoms with Crippen LogP contribution in [0.1, 0.15) is 31.5 Å². The van der Waals surface area contributed by atoms with Crippen molar-refractivity contribution >= 4 is 44.9 Å². The van der Waals surface area contributed by atoms with Crippen LogP contribution in [0.25, 0.3) is 10.2 Å². The highest BCUT2D eigenvalue weighted by Crippen LogP contribution is 2.28. The molecule has 0 fully saturated rings. The van der Waals surface area contributed by atoms with Crippen molar-refractivity contribution in [2.75, 3.05) is 5.32 Å². The third-order valence-electron chi connectivity index (χ3n) is 5.14. The lowest BCUT2D eigenvalue weighted by Crippen LogP contribution is -2.28. The van der Waals surface area contributed by atoms with Crippen molar-refractivity contribution in [1.82, 2.24) is 14.5 Å². The lowest BCUT2D eigenvalue weighted by molar-refractivity contribution is -0.115. The number of anilines is 1. The van der Waals surface area contributed by atoms with Crippen LogP contribution in [0.5, 0.6) is 0 Å². The van der Waals surface area contributed by atoms with Crippen LogP contribution in [-0.4, -0.2) is 25.7 Å². The molecule has 6 nitrogen and oxygen atoms in total. The molecule has 0 spiro atoms. The fourth-order valence-corrected chi connectivity index (χ4v) is 5.21. The molecule has 164 valence electrons. The maximum absolute atomic E-state index is 13.2. The van der Waals surface area contributed by atoms with E-state index in [1.54, 1.807) is 10.8 Å². The van der Waals surface area contributed by atoms with Crippen LogP contribution in [0, 0.1) is 0 Å². The molecule has 0 unspecified atom stereocenters. The second-order valence-corrected chi connectivity index (χ2v) is 9.34. The number of thiophene rings is 1. The number of thioether (sulfide) groups is 1. The molecule has 3 aromatic heterocycles. The van der Waals surface area contributed by atoms with Crippen LogP contribution >= 0.6 is 23.1 Å². The highest BCUT2D eigenvalue weighted by molar-refractivity contribution is 8.00. The first kappa shape index (κ1) is 22.2. The van der Waals surface area contributed by atoms with Gasteiger partial charge in [-0.3, -0.25) is 19.1 Å². The monoisotopic (exact) mass is 464 g/mol. The minimum absolute atomic E-state index is 0.0950. The van der Waals surface area contributed by atoms with Gasteiger partial charge in [0.1, 0.15) is 4.70 Å². The number of aryl methyl sites for hydroxylation is 1. The highest BCUT2D eigenvalue weighted by Gasteiger charge is 2.23. The number of benzene rings is 1. The Morgan fingerprint density at radius 1 is 1.16 bits per heavy atom. The van der Waals surface area contributed by atoms with Crippen LogP contribution in [-0.2, 0) is 17.8 Å². The number of fused-ring (bicyclic) bond motifs is 1. The summed E-state index contributed by atoms with van der Waals surface area (Å²) in [6, 6.07) is 15.3. The second-order valence-electron chi connectivity index (χ2n) is 7.26. The summed E-state index contributed by atoms with van der Waals surface area (Å²) in [7, 11) is 0. The average Bonchev–Trinajstić information content (AvgIpc) is 3.29. The number of nitrogens with zero attached hydrogens (tertiary/aromatic N) is 3. The number of carbonyl (C=O) groups excluding carboxylic acids is 1. The van der Waals surface area contributed by atoms with E-state index in [0.717, 1.165) is 23.4 Å². The van der Waals surface area contributed by atoms with Gasteiger partial charge in [0.05, 0.1) is 23.0 Å². The molecule has 0 aliphatic rings. The summed E-state index contributed by atoms with van der Waals surface area (Å²) in [6.45, 7) is 4.33. The Labute approximate surface area is 194 Å². The van der Waals surface area contributed by atoms with Crippen molar-refractivity contribution < 1.29 is 4.79 Å². The first-order chi connectivity index (χ1) is 15.6. The van der Waals surface area contributed by atoms with Gasteiger partial charge in [-0.15, -0.1) is 11.3 Å². The number of pyridine rings is 1. The molecule has 0 saturated heterocycles. The lowest BCUT2D eigenvalue weighted by Gasteiger charge is -2.18. The third kappa shape index (κ3) is 4.76. The molecule has 3 heterocycles. The zero-order valence-corrected chi connectivity index (χ0v) is 19.6. The molecule has 0 radical (unpaired) electrons. The van der Waals surface area contributed by atoms with E-state index >= 15 is 0 Å². The minimum atomic E-state index is -0.391. The first-order valence-corrected chi connectivity index (χ1v) is 12.3. The Bertz CT molecular complexity index is 1280. The maximum atomic E-state index is 13.2. The van der Waals surface area contributed by atoms with E-state index in [1.807, 2.05) is 60.8 Å². The Hall–Kier alpha value is -2.97. The molecule has 32 heavy (non-hydrogen) atoms. The molecule has 1 N–H and O–H groups in total. The fourth-order valence-electron chi connectivity index (χ4n) is 3.42. The lowest BCUT2D eigenvalue weighted by atomic mass is 10.1. The SMILES string of the molecule is CCc1ccccc1NC(=O)[C@@H](CC)Sc1nc2ccsc2c(=O)n1Cc1ccccn1. The van der Waals surface area contributed by atoms with Gasteiger partial charge in [0, 0.05) is 11.9 Å². The predicted octanol–water partition coefficient (Wildman–Crippen LogP) is 4.97. The molecule has 1 amide bonds. The van der Waals surface area contributed by atoms with E-state index in [0.29, 0.717) is 28.3 Å². The fraction of sp³-hybridized carbons (Fsp3) is 0.250. The Kier molecular flexibility index (Phi) is 7.02. The van der Waals surface area contributed by atoms with Gasteiger partial charge in [-0.05, 0) is 48.1 Å². The van der Waals surface area contributed by atoms with E-state index in [-0.39, 0.29) is 11.5 Å². The molecular weight excluding hydrogens is 440 g/mol. The Morgan fingerprint density at radius 2 is 1.97 bits per heavy atom.